The molecule has 0 saturated heterocycles. The minimum atomic E-state index is 0.501. The molecule has 3 aromatic heterocycles. The summed E-state index contributed by atoms with van der Waals surface area (Å²) in [5, 5.41) is 15.8. The van der Waals surface area contributed by atoms with Crippen LogP contribution in [0, 0.1) is 0 Å². The Kier molecular flexibility index (Phi) is 5.01. The van der Waals surface area contributed by atoms with Crippen LogP contribution in [0.4, 0.5) is 11.5 Å². The second-order valence-electron chi connectivity index (χ2n) is 7.62. The lowest BCUT2D eigenvalue weighted by Gasteiger charge is -2.12. The average molecular weight is 465 g/mol. The molecule has 0 fully saturated rings. The number of aromatic amines is 1. The first-order valence-electron chi connectivity index (χ1n) is 10.6. The molecule has 0 atom stereocenters. The zero-order valence-electron chi connectivity index (χ0n) is 17.7. The number of hydrogen-bond donors (Lipinski definition) is 2. The van der Waals surface area contributed by atoms with Gasteiger partial charge in [-0.3, -0.25) is 0 Å². The van der Waals surface area contributed by atoms with Crippen molar-refractivity contribution in [1.29, 1.82) is 0 Å². The molecule has 0 aliphatic carbocycles. The van der Waals surface area contributed by atoms with Gasteiger partial charge in [-0.15, -0.1) is 10.2 Å². The SMILES string of the molecule is Clc1ccc(-c2nnc(Nc3ccc(Oc4ncnc5[nH]ccc45)cc3)c3ccccc23)cc1. The van der Waals surface area contributed by atoms with Crippen molar-refractivity contribution in [3.8, 4) is 22.9 Å². The Hall–Kier alpha value is -4.49. The molecule has 3 aromatic carbocycles. The normalized spacial score (nSPS) is 11.1. The van der Waals surface area contributed by atoms with Gasteiger partial charge in [0, 0.05) is 33.2 Å². The van der Waals surface area contributed by atoms with E-state index in [-0.39, 0.29) is 0 Å². The van der Waals surface area contributed by atoms with E-state index in [0.717, 1.165) is 38.8 Å². The predicted molar refractivity (Wildman–Crippen MR) is 134 cm³/mol. The van der Waals surface area contributed by atoms with Crippen molar-refractivity contribution >= 4 is 44.9 Å². The van der Waals surface area contributed by atoms with Crippen LogP contribution in [0.1, 0.15) is 0 Å². The molecule has 8 heteroatoms. The largest absolute Gasteiger partial charge is 0.438 e. The van der Waals surface area contributed by atoms with Gasteiger partial charge in [-0.25, -0.2) is 9.97 Å². The highest BCUT2D eigenvalue weighted by molar-refractivity contribution is 6.30. The lowest BCUT2D eigenvalue weighted by Crippen LogP contribution is -1.99. The van der Waals surface area contributed by atoms with Gasteiger partial charge in [-0.05, 0) is 42.5 Å². The van der Waals surface area contributed by atoms with E-state index in [4.69, 9.17) is 16.3 Å². The topological polar surface area (TPSA) is 88.6 Å². The fourth-order valence-corrected chi connectivity index (χ4v) is 3.93. The van der Waals surface area contributed by atoms with Crippen LogP contribution < -0.4 is 10.1 Å². The van der Waals surface area contributed by atoms with Crippen molar-refractivity contribution in [3.63, 3.8) is 0 Å². The van der Waals surface area contributed by atoms with Crippen LogP contribution in [0.2, 0.25) is 5.02 Å². The number of aromatic nitrogens is 5. The summed E-state index contributed by atoms with van der Waals surface area (Å²) >= 11 is 6.05. The fourth-order valence-electron chi connectivity index (χ4n) is 3.80. The molecule has 0 radical (unpaired) electrons. The second kappa shape index (κ2) is 8.46. The number of halogens is 1. The molecule has 7 nitrogen and oxygen atoms in total. The van der Waals surface area contributed by atoms with Gasteiger partial charge in [0.2, 0.25) is 5.88 Å². The average Bonchev–Trinajstić information content (AvgIpc) is 3.36. The number of nitrogens with one attached hydrogen (secondary N) is 2. The van der Waals surface area contributed by atoms with Gasteiger partial charge in [-0.2, -0.15) is 0 Å². The molecule has 0 spiro atoms. The van der Waals surface area contributed by atoms with Gasteiger partial charge in [0.15, 0.2) is 5.82 Å². The van der Waals surface area contributed by atoms with E-state index in [1.807, 2.05) is 85.1 Å². The smallest absolute Gasteiger partial charge is 0.231 e. The molecule has 0 bridgehead atoms. The molecule has 0 aliphatic heterocycles. The van der Waals surface area contributed by atoms with E-state index >= 15 is 0 Å². The minimum Gasteiger partial charge on any atom is -0.438 e. The lowest BCUT2D eigenvalue weighted by molar-refractivity contribution is 0.468. The molecular weight excluding hydrogens is 448 g/mol. The van der Waals surface area contributed by atoms with E-state index in [9.17, 15) is 0 Å². The van der Waals surface area contributed by atoms with Gasteiger partial charge in [-0.1, -0.05) is 48.0 Å². The van der Waals surface area contributed by atoms with Crippen LogP contribution in [-0.2, 0) is 0 Å². The standard InChI is InChI=1S/C26H17ClN6O/c27-17-7-5-16(6-8-17)23-20-3-1-2-4-21(20)25(33-32-23)31-18-9-11-19(12-10-18)34-26-22-13-14-28-24(22)29-15-30-26/h1-15H,(H,31,33)(H,28,29,30). The van der Waals surface area contributed by atoms with E-state index in [1.54, 1.807) is 0 Å². The third kappa shape index (κ3) is 3.78. The Bertz CT molecular complexity index is 1610. The Morgan fingerprint density at radius 1 is 0.765 bits per heavy atom. The first-order valence-corrected chi connectivity index (χ1v) is 11.0. The highest BCUT2D eigenvalue weighted by Crippen LogP contribution is 2.32. The number of ether oxygens (including phenoxy) is 1. The van der Waals surface area contributed by atoms with Crippen molar-refractivity contribution in [1.82, 2.24) is 25.1 Å². The lowest BCUT2D eigenvalue weighted by atomic mass is 10.0. The van der Waals surface area contributed by atoms with Gasteiger partial charge < -0.3 is 15.0 Å². The number of anilines is 2. The second-order valence-corrected chi connectivity index (χ2v) is 8.06. The van der Waals surface area contributed by atoms with E-state index in [1.165, 1.54) is 6.33 Å². The zero-order valence-corrected chi connectivity index (χ0v) is 18.5. The summed E-state index contributed by atoms with van der Waals surface area (Å²) in [6, 6.07) is 25.1. The number of nitrogens with zero attached hydrogens (tertiary/aromatic N) is 4. The van der Waals surface area contributed by atoms with Crippen molar-refractivity contribution in [2.24, 2.45) is 0 Å². The van der Waals surface area contributed by atoms with E-state index in [0.29, 0.717) is 22.5 Å². The number of H-pyrrole nitrogens is 1. The van der Waals surface area contributed by atoms with Crippen LogP contribution in [0.5, 0.6) is 11.6 Å². The van der Waals surface area contributed by atoms with Gasteiger partial charge >= 0.3 is 0 Å². The van der Waals surface area contributed by atoms with Crippen LogP contribution in [0.3, 0.4) is 0 Å². The van der Waals surface area contributed by atoms with Crippen LogP contribution in [0.15, 0.2) is 91.4 Å². The maximum Gasteiger partial charge on any atom is 0.231 e. The van der Waals surface area contributed by atoms with Crippen LogP contribution >= 0.6 is 11.6 Å². The molecule has 164 valence electrons. The monoisotopic (exact) mass is 464 g/mol. The molecule has 0 unspecified atom stereocenters. The van der Waals surface area contributed by atoms with E-state index < -0.39 is 0 Å². The highest BCUT2D eigenvalue weighted by Gasteiger charge is 2.12. The molecule has 34 heavy (non-hydrogen) atoms. The molecule has 3 heterocycles. The molecular formula is C26H17ClN6O. The fraction of sp³-hybridized carbons (Fsp3) is 0. The zero-order chi connectivity index (χ0) is 22.9. The third-order valence-electron chi connectivity index (χ3n) is 5.45. The maximum atomic E-state index is 6.05. The molecule has 0 saturated carbocycles. The van der Waals surface area contributed by atoms with E-state index in [2.05, 4.69) is 30.5 Å². The number of benzene rings is 3. The van der Waals surface area contributed by atoms with Crippen molar-refractivity contribution < 1.29 is 4.74 Å². The number of hydrogen-bond acceptors (Lipinski definition) is 6. The number of fused-ring (bicyclic) bond motifs is 2. The van der Waals surface area contributed by atoms with Gasteiger partial charge in [0.1, 0.15) is 23.4 Å². The van der Waals surface area contributed by atoms with Crippen molar-refractivity contribution in [3.05, 3.63) is 96.4 Å². The third-order valence-corrected chi connectivity index (χ3v) is 5.71. The Morgan fingerprint density at radius 3 is 2.38 bits per heavy atom. The summed E-state index contributed by atoms with van der Waals surface area (Å²) in [6.07, 6.45) is 3.28. The maximum absolute atomic E-state index is 6.05. The van der Waals surface area contributed by atoms with Crippen LogP contribution in [0.25, 0.3) is 33.1 Å². The van der Waals surface area contributed by atoms with Gasteiger partial charge in [0.05, 0.1) is 5.39 Å². The molecule has 6 rings (SSSR count). The first kappa shape index (κ1) is 20.1. The Morgan fingerprint density at radius 2 is 1.56 bits per heavy atom. The molecule has 6 aromatic rings. The Balaban J connectivity index is 1.28. The molecule has 0 aliphatic rings. The molecule has 2 N–H and O–H groups in total. The Labute approximate surface area is 199 Å². The quantitative estimate of drug-likeness (QED) is 0.293. The summed E-state index contributed by atoms with van der Waals surface area (Å²) < 4.78 is 5.96. The summed E-state index contributed by atoms with van der Waals surface area (Å²) in [4.78, 5) is 11.5. The first-order chi connectivity index (χ1) is 16.7. The summed E-state index contributed by atoms with van der Waals surface area (Å²) in [5.74, 6) is 1.84. The van der Waals surface area contributed by atoms with Crippen LogP contribution in [-0.4, -0.2) is 25.1 Å². The van der Waals surface area contributed by atoms with Gasteiger partial charge in [0.25, 0.3) is 0 Å². The number of rotatable bonds is 5. The van der Waals surface area contributed by atoms with Crippen molar-refractivity contribution in [2.75, 3.05) is 5.32 Å². The highest BCUT2D eigenvalue weighted by atomic mass is 35.5. The summed E-state index contributed by atoms with van der Waals surface area (Å²) in [6.45, 7) is 0. The summed E-state index contributed by atoms with van der Waals surface area (Å²) in [5.41, 5.74) is 3.36. The predicted octanol–water partition coefficient (Wildman–Crippen LogP) is 6.76. The molecule has 0 amide bonds. The summed E-state index contributed by atoms with van der Waals surface area (Å²) in [7, 11) is 0. The van der Waals surface area contributed by atoms with Crippen molar-refractivity contribution in [2.45, 2.75) is 0 Å². The minimum absolute atomic E-state index is 0.501.